The van der Waals surface area contributed by atoms with Crippen molar-refractivity contribution in [3.05, 3.63) is 29.6 Å². The van der Waals surface area contributed by atoms with Gasteiger partial charge in [0.25, 0.3) is 0 Å². The van der Waals surface area contributed by atoms with Gasteiger partial charge in [-0.05, 0) is 18.6 Å². The lowest BCUT2D eigenvalue weighted by Crippen LogP contribution is -2.36. The first kappa shape index (κ1) is 10.1. The quantitative estimate of drug-likeness (QED) is 0.523. The summed E-state index contributed by atoms with van der Waals surface area (Å²) in [6, 6.07) is 4.06. The molecule has 0 aromatic heterocycles. The molecule has 0 aliphatic rings. The predicted octanol–water partition coefficient (Wildman–Crippen LogP) is 0.454. The van der Waals surface area contributed by atoms with Crippen molar-refractivity contribution in [3.63, 3.8) is 0 Å². The van der Waals surface area contributed by atoms with Gasteiger partial charge in [-0.15, -0.1) is 0 Å². The number of halogens is 1. The van der Waals surface area contributed by atoms with Gasteiger partial charge in [0.1, 0.15) is 17.2 Å². The monoisotopic (exact) mass is 176 g/mol. The van der Waals surface area contributed by atoms with E-state index in [-0.39, 0.29) is 5.75 Å². The van der Waals surface area contributed by atoms with E-state index in [1.807, 2.05) is 0 Å². The van der Waals surface area contributed by atoms with Crippen LogP contribution in [0, 0.1) is 12.7 Å². The molecule has 2 nitrogen and oxygen atoms in total. The van der Waals surface area contributed by atoms with Gasteiger partial charge >= 0.3 is 0 Å². The van der Waals surface area contributed by atoms with Crippen LogP contribution in [0.3, 0.4) is 0 Å². The maximum Gasteiger partial charge on any atom is 0.156 e. The molecule has 5 heteroatoms. The van der Waals surface area contributed by atoms with E-state index in [9.17, 15) is 4.39 Å². The van der Waals surface area contributed by atoms with E-state index in [4.69, 9.17) is 20.8 Å². The van der Waals surface area contributed by atoms with Gasteiger partial charge in [0, 0.05) is 6.07 Å². The molecule has 0 heterocycles. The molecule has 0 atom stereocenters. The Morgan fingerprint density at radius 1 is 1.46 bits per heavy atom. The highest BCUT2D eigenvalue weighted by Crippen LogP contribution is 2.17. The lowest BCUT2D eigenvalue weighted by Gasteiger charge is -2.21. The maximum atomic E-state index is 12.9. The Labute approximate surface area is 78.5 Å². The van der Waals surface area contributed by atoms with Gasteiger partial charge < -0.3 is 9.84 Å². The van der Waals surface area contributed by atoms with Gasteiger partial charge in [0.15, 0.2) is 15.7 Å². The van der Waals surface area contributed by atoms with Crippen molar-refractivity contribution in [3.8, 4) is 5.75 Å². The highest BCUT2D eigenvalue weighted by Gasteiger charge is 2.13. The summed E-state index contributed by atoms with van der Waals surface area (Å²) in [4.78, 5) is 0. The second kappa shape index (κ2) is 3.42. The number of ether oxygens (including phenoxy) is 1. The molecular weight excluding hydrogens is 169 g/mol. The standard InChI is InChI=1S/C8H7B2FO2/c1-5-2-3-6(4-7(5)11)13-8(9,10)12/h2-4,12H,1H3. The average molecular weight is 176 g/mol. The molecule has 0 bridgehead atoms. The van der Waals surface area contributed by atoms with Crippen molar-refractivity contribution in [1.82, 2.24) is 0 Å². The Morgan fingerprint density at radius 2 is 2.08 bits per heavy atom. The third-order valence-electron chi connectivity index (χ3n) is 1.42. The van der Waals surface area contributed by atoms with Crippen LogP contribution in [-0.2, 0) is 0 Å². The summed E-state index contributed by atoms with van der Waals surface area (Å²) in [5, 5.41) is 8.84. The minimum Gasteiger partial charge on any atom is -0.482 e. The molecule has 0 saturated heterocycles. The Bertz CT molecular complexity index is 310. The molecular formula is C8H7B2FO2. The normalized spacial score (nSPS) is 11.3. The summed E-state index contributed by atoms with van der Waals surface area (Å²) < 4.78 is 17.5. The summed E-state index contributed by atoms with van der Waals surface area (Å²) in [6.07, 6.45) is 0. The van der Waals surface area contributed by atoms with Crippen molar-refractivity contribution >= 4 is 15.7 Å². The summed E-state index contributed by atoms with van der Waals surface area (Å²) in [6.45, 7) is 1.61. The largest absolute Gasteiger partial charge is 0.482 e. The molecule has 64 valence electrons. The first-order chi connectivity index (χ1) is 5.88. The first-order valence-electron chi connectivity index (χ1n) is 3.64. The lowest BCUT2D eigenvalue weighted by atomic mass is 9.76. The molecule has 0 spiro atoms. The van der Waals surface area contributed by atoms with E-state index in [1.54, 1.807) is 6.92 Å². The van der Waals surface area contributed by atoms with Crippen LogP contribution in [0.4, 0.5) is 4.39 Å². The highest BCUT2D eigenvalue weighted by atomic mass is 19.1. The number of aryl methyl sites for hydroxylation is 1. The molecule has 0 aliphatic heterocycles. The van der Waals surface area contributed by atoms with E-state index >= 15 is 0 Å². The van der Waals surface area contributed by atoms with Gasteiger partial charge in [0.2, 0.25) is 0 Å². The summed E-state index contributed by atoms with van der Waals surface area (Å²) in [5.74, 6) is -0.364. The Kier molecular flexibility index (Phi) is 2.66. The second-order valence-corrected chi connectivity index (χ2v) is 2.76. The van der Waals surface area contributed by atoms with Crippen molar-refractivity contribution in [2.24, 2.45) is 0 Å². The third kappa shape index (κ3) is 3.11. The van der Waals surface area contributed by atoms with Crippen LogP contribution in [0.15, 0.2) is 18.2 Å². The molecule has 0 unspecified atom stereocenters. The van der Waals surface area contributed by atoms with Gasteiger partial charge in [-0.3, -0.25) is 0 Å². The van der Waals surface area contributed by atoms with Gasteiger partial charge in [0.05, 0.1) is 0 Å². The molecule has 1 aromatic carbocycles. The van der Waals surface area contributed by atoms with Crippen molar-refractivity contribution in [2.75, 3.05) is 0 Å². The molecule has 1 rings (SSSR count). The van der Waals surface area contributed by atoms with Crippen molar-refractivity contribution in [1.29, 1.82) is 0 Å². The highest BCUT2D eigenvalue weighted by molar-refractivity contribution is 6.37. The van der Waals surface area contributed by atoms with Crippen LogP contribution in [0.5, 0.6) is 5.75 Å². The molecule has 1 aromatic rings. The van der Waals surface area contributed by atoms with Crippen LogP contribution in [-0.4, -0.2) is 26.4 Å². The van der Waals surface area contributed by atoms with E-state index in [0.717, 1.165) is 6.07 Å². The summed E-state index contributed by atoms with van der Waals surface area (Å²) in [7, 11) is 9.89. The van der Waals surface area contributed by atoms with E-state index in [2.05, 4.69) is 4.74 Å². The fourth-order valence-electron chi connectivity index (χ4n) is 0.826. The minimum atomic E-state index is -2.28. The SMILES string of the molecule is [B]C([B])(O)Oc1ccc(C)c(F)c1. The van der Waals surface area contributed by atoms with Crippen molar-refractivity contribution in [2.45, 2.75) is 12.5 Å². The van der Waals surface area contributed by atoms with E-state index < -0.39 is 11.4 Å². The molecule has 1 N–H and O–H groups in total. The lowest BCUT2D eigenvalue weighted by molar-refractivity contribution is 0.0126. The average Bonchev–Trinajstić information content (AvgIpc) is 1.94. The smallest absolute Gasteiger partial charge is 0.156 e. The van der Waals surface area contributed by atoms with Crippen LogP contribution in [0.25, 0.3) is 0 Å². The summed E-state index contributed by atoms with van der Waals surface area (Å²) in [5.41, 5.74) is -1.80. The maximum absolute atomic E-state index is 12.9. The van der Waals surface area contributed by atoms with Crippen molar-refractivity contribution < 1.29 is 14.2 Å². The number of aliphatic hydroxyl groups is 1. The number of rotatable bonds is 2. The molecule has 0 saturated carbocycles. The summed E-state index contributed by atoms with van der Waals surface area (Å²) >= 11 is 0. The fourth-order valence-corrected chi connectivity index (χ4v) is 0.826. The molecule has 0 fully saturated rings. The minimum absolute atomic E-state index is 0.0793. The number of benzene rings is 1. The van der Waals surface area contributed by atoms with Gasteiger partial charge in [-0.2, -0.15) is 0 Å². The zero-order valence-electron chi connectivity index (χ0n) is 7.12. The third-order valence-corrected chi connectivity index (χ3v) is 1.42. The van der Waals surface area contributed by atoms with Crippen LogP contribution in [0.1, 0.15) is 5.56 Å². The van der Waals surface area contributed by atoms with Crippen LogP contribution < -0.4 is 4.74 Å². The second-order valence-electron chi connectivity index (χ2n) is 2.76. The molecule has 0 amide bonds. The zero-order chi connectivity index (χ0) is 10.1. The van der Waals surface area contributed by atoms with Crippen LogP contribution in [0.2, 0.25) is 0 Å². The van der Waals surface area contributed by atoms with E-state index in [0.29, 0.717) is 5.56 Å². The topological polar surface area (TPSA) is 29.5 Å². The first-order valence-corrected chi connectivity index (χ1v) is 3.64. The molecule has 0 aliphatic carbocycles. The fraction of sp³-hybridized carbons (Fsp3) is 0.250. The number of hydrogen-bond donors (Lipinski definition) is 1. The Morgan fingerprint density at radius 3 is 2.54 bits per heavy atom. The molecule has 13 heavy (non-hydrogen) atoms. The van der Waals surface area contributed by atoms with E-state index in [1.165, 1.54) is 12.1 Å². The van der Waals surface area contributed by atoms with Gasteiger partial charge in [-0.25, -0.2) is 4.39 Å². The van der Waals surface area contributed by atoms with Crippen LogP contribution >= 0.6 is 0 Å². The molecule has 4 radical (unpaired) electrons. The zero-order valence-corrected chi connectivity index (χ0v) is 7.12. The van der Waals surface area contributed by atoms with Gasteiger partial charge in [-0.1, -0.05) is 6.07 Å². The predicted molar refractivity (Wildman–Crippen MR) is 48.2 cm³/mol. The Balaban J connectivity index is 2.86. The number of hydrogen-bond acceptors (Lipinski definition) is 2. The Hall–Kier alpha value is -0.960.